The smallest absolute Gasteiger partial charge is 0.252 e. The number of ether oxygens (including phenoxy) is 1. The van der Waals surface area contributed by atoms with Crippen molar-refractivity contribution in [3.63, 3.8) is 0 Å². The number of hydrogen-bond donors (Lipinski definition) is 0. The average molecular weight is 391 g/mol. The summed E-state index contributed by atoms with van der Waals surface area (Å²) in [5, 5.41) is 4.08. The average Bonchev–Trinajstić information content (AvgIpc) is 3.37. The predicted molar refractivity (Wildman–Crippen MR) is 98.6 cm³/mol. The first-order valence-corrected chi connectivity index (χ1v) is 10.9. The topological polar surface area (TPSA) is 85.5 Å². The van der Waals surface area contributed by atoms with Gasteiger partial charge < -0.3 is 9.26 Å². The van der Waals surface area contributed by atoms with Gasteiger partial charge in [-0.3, -0.25) is 0 Å². The number of benzene rings is 1. The summed E-state index contributed by atoms with van der Waals surface area (Å²) in [7, 11) is -3.46. The van der Waals surface area contributed by atoms with E-state index < -0.39 is 10.0 Å². The molecule has 0 N–H and O–H groups in total. The molecule has 2 aliphatic rings. The summed E-state index contributed by atoms with van der Waals surface area (Å²) in [5.74, 6) is 1.98. The molecule has 1 aliphatic heterocycles. The van der Waals surface area contributed by atoms with Crippen LogP contribution >= 0.6 is 0 Å². The van der Waals surface area contributed by atoms with E-state index >= 15 is 0 Å². The summed E-state index contributed by atoms with van der Waals surface area (Å²) < 4.78 is 38.2. The van der Waals surface area contributed by atoms with Crippen molar-refractivity contribution in [2.75, 3.05) is 19.7 Å². The van der Waals surface area contributed by atoms with Crippen molar-refractivity contribution < 1.29 is 17.7 Å². The lowest BCUT2D eigenvalue weighted by atomic mass is 9.98. The summed E-state index contributed by atoms with van der Waals surface area (Å²) in [6.45, 7) is 3.86. The first-order chi connectivity index (χ1) is 13.0. The zero-order valence-electron chi connectivity index (χ0n) is 15.5. The molecule has 2 heterocycles. The Balaban J connectivity index is 1.34. The van der Waals surface area contributed by atoms with Gasteiger partial charge in [0.1, 0.15) is 6.61 Å². The molecule has 27 heavy (non-hydrogen) atoms. The largest absolute Gasteiger partial charge is 0.371 e. The first kappa shape index (κ1) is 18.6. The van der Waals surface area contributed by atoms with Gasteiger partial charge >= 0.3 is 0 Å². The van der Waals surface area contributed by atoms with Crippen LogP contribution in [-0.2, 0) is 21.4 Å². The molecule has 8 heteroatoms. The molecule has 1 aromatic carbocycles. The number of aryl methyl sites for hydroxylation is 1. The van der Waals surface area contributed by atoms with Crippen molar-refractivity contribution in [3.05, 3.63) is 41.5 Å². The van der Waals surface area contributed by atoms with E-state index in [1.807, 2.05) is 19.1 Å². The van der Waals surface area contributed by atoms with Crippen LogP contribution in [0.3, 0.4) is 0 Å². The minimum atomic E-state index is -3.46. The molecular weight excluding hydrogens is 366 g/mol. The fourth-order valence-corrected chi connectivity index (χ4v) is 5.12. The third kappa shape index (κ3) is 4.23. The molecule has 1 saturated carbocycles. The Morgan fingerprint density at radius 1 is 1.19 bits per heavy atom. The zero-order chi connectivity index (χ0) is 18.9. The van der Waals surface area contributed by atoms with Gasteiger partial charge in [0.15, 0.2) is 5.82 Å². The molecule has 0 amide bonds. The van der Waals surface area contributed by atoms with Crippen LogP contribution in [0.15, 0.2) is 33.7 Å². The van der Waals surface area contributed by atoms with Crippen molar-refractivity contribution >= 4 is 10.0 Å². The summed E-state index contributed by atoms with van der Waals surface area (Å²) in [5.41, 5.74) is 0.772. The summed E-state index contributed by atoms with van der Waals surface area (Å²) in [6.07, 6.45) is 3.87. The molecule has 1 aliphatic carbocycles. The molecule has 0 unspecified atom stereocenters. The predicted octanol–water partition coefficient (Wildman–Crippen LogP) is 2.87. The monoisotopic (exact) mass is 391 g/mol. The lowest BCUT2D eigenvalue weighted by Crippen LogP contribution is -2.38. The van der Waals surface area contributed by atoms with Gasteiger partial charge in [-0.25, -0.2) is 8.42 Å². The summed E-state index contributed by atoms with van der Waals surface area (Å²) >= 11 is 0. The van der Waals surface area contributed by atoms with Crippen LogP contribution in [0, 0.1) is 12.8 Å². The quantitative estimate of drug-likeness (QED) is 0.721. The number of aromatic nitrogens is 2. The molecule has 7 nitrogen and oxygen atoms in total. The normalized spacial score (nSPS) is 19.4. The maximum absolute atomic E-state index is 12.9. The van der Waals surface area contributed by atoms with E-state index in [4.69, 9.17) is 9.26 Å². The number of sulfonamides is 1. The van der Waals surface area contributed by atoms with Crippen LogP contribution in [0.25, 0.3) is 0 Å². The van der Waals surface area contributed by atoms with E-state index in [1.54, 1.807) is 16.4 Å². The van der Waals surface area contributed by atoms with Gasteiger partial charge in [-0.1, -0.05) is 23.4 Å². The minimum Gasteiger partial charge on any atom is -0.371 e. The van der Waals surface area contributed by atoms with E-state index in [9.17, 15) is 8.42 Å². The molecule has 1 aromatic heterocycles. The third-order valence-corrected chi connectivity index (χ3v) is 7.35. The molecule has 0 atom stereocenters. The van der Waals surface area contributed by atoms with Crippen molar-refractivity contribution in [2.24, 2.45) is 5.92 Å². The molecule has 2 fully saturated rings. The molecule has 0 spiro atoms. The fourth-order valence-electron chi connectivity index (χ4n) is 3.43. The maximum atomic E-state index is 12.9. The summed E-state index contributed by atoms with van der Waals surface area (Å²) in [4.78, 5) is 4.83. The molecule has 1 saturated heterocycles. The minimum absolute atomic E-state index is 0.120. The summed E-state index contributed by atoms with van der Waals surface area (Å²) in [6, 6.07) is 7.11. The molecular formula is C19H25N3O4S. The molecule has 0 bridgehead atoms. The van der Waals surface area contributed by atoms with E-state index in [1.165, 1.54) is 12.8 Å². The zero-order valence-corrected chi connectivity index (χ0v) is 16.3. The SMILES string of the molecule is Cc1ccccc1S(=O)(=O)N1CCC(c2noc(COCC3CC3)n2)CC1. The van der Waals surface area contributed by atoms with Crippen LogP contribution in [0.4, 0.5) is 0 Å². The Hall–Kier alpha value is -1.77. The van der Waals surface area contributed by atoms with Gasteiger partial charge in [0.05, 0.1) is 11.5 Å². The lowest BCUT2D eigenvalue weighted by Gasteiger charge is -2.30. The van der Waals surface area contributed by atoms with Crippen LogP contribution < -0.4 is 0 Å². The second kappa shape index (κ2) is 7.69. The van der Waals surface area contributed by atoms with Gasteiger partial charge in [-0.2, -0.15) is 9.29 Å². The van der Waals surface area contributed by atoms with Crippen LogP contribution in [0.5, 0.6) is 0 Å². The van der Waals surface area contributed by atoms with Gasteiger partial charge in [0, 0.05) is 19.0 Å². The van der Waals surface area contributed by atoms with Crippen molar-refractivity contribution in [1.29, 1.82) is 0 Å². The molecule has 0 radical (unpaired) electrons. The van der Waals surface area contributed by atoms with Crippen molar-refractivity contribution in [2.45, 2.75) is 50.0 Å². The first-order valence-electron chi connectivity index (χ1n) is 9.50. The highest BCUT2D eigenvalue weighted by Gasteiger charge is 2.32. The second-order valence-corrected chi connectivity index (χ2v) is 9.36. The number of hydrogen-bond acceptors (Lipinski definition) is 6. The standard InChI is InChI=1S/C19H25N3O4S/c1-14-4-2-3-5-17(14)27(23,24)22-10-8-16(9-11-22)19-20-18(26-21-19)13-25-12-15-6-7-15/h2-5,15-16H,6-13H2,1H3. The van der Waals surface area contributed by atoms with Crippen LogP contribution in [0.1, 0.15) is 48.9 Å². The van der Waals surface area contributed by atoms with Gasteiger partial charge in [-0.05, 0) is 50.2 Å². The Labute approximate surface area is 159 Å². The molecule has 146 valence electrons. The van der Waals surface area contributed by atoms with Gasteiger partial charge in [0.25, 0.3) is 5.89 Å². The Morgan fingerprint density at radius 2 is 1.93 bits per heavy atom. The van der Waals surface area contributed by atoms with E-state index in [-0.39, 0.29) is 5.92 Å². The number of nitrogens with zero attached hydrogens (tertiary/aromatic N) is 3. The van der Waals surface area contributed by atoms with Crippen LogP contribution in [-0.4, -0.2) is 42.6 Å². The van der Waals surface area contributed by atoms with E-state index in [0.29, 0.717) is 55.1 Å². The maximum Gasteiger partial charge on any atom is 0.252 e. The van der Waals surface area contributed by atoms with E-state index in [0.717, 1.165) is 12.2 Å². The number of rotatable bonds is 7. The Kier molecular flexibility index (Phi) is 5.29. The van der Waals surface area contributed by atoms with Gasteiger partial charge in [0.2, 0.25) is 10.0 Å². The Bertz CT molecular complexity index is 884. The lowest BCUT2D eigenvalue weighted by molar-refractivity contribution is 0.0894. The highest BCUT2D eigenvalue weighted by molar-refractivity contribution is 7.89. The second-order valence-electron chi connectivity index (χ2n) is 7.45. The number of piperidine rings is 1. The van der Waals surface area contributed by atoms with E-state index in [2.05, 4.69) is 10.1 Å². The van der Waals surface area contributed by atoms with Gasteiger partial charge in [-0.15, -0.1) is 0 Å². The van der Waals surface area contributed by atoms with Crippen LogP contribution in [0.2, 0.25) is 0 Å². The fraction of sp³-hybridized carbons (Fsp3) is 0.579. The Morgan fingerprint density at radius 3 is 2.63 bits per heavy atom. The molecule has 4 rings (SSSR count). The highest BCUT2D eigenvalue weighted by Crippen LogP contribution is 2.31. The highest BCUT2D eigenvalue weighted by atomic mass is 32.2. The third-order valence-electron chi connectivity index (χ3n) is 5.29. The molecule has 2 aromatic rings. The van der Waals surface area contributed by atoms with Crippen molar-refractivity contribution in [3.8, 4) is 0 Å². The van der Waals surface area contributed by atoms with Crippen molar-refractivity contribution in [1.82, 2.24) is 14.4 Å².